The number of halogens is 1. The van der Waals surface area contributed by atoms with Crippen molar-refractivity contribution in [1.29, 1.82) is 0 Å². The summed E-state index contributed by atoms with van der Waals surface area (Å²) in [5, 5.41) is 0. The molecular formula is C16H24FN3. The van der Waals surface area contributed by atoms with Gasteiger partial charge in [-0.15, -0.1) is 0 Å². The molecule has 0 aromatic carbocycles. The Hall–Kier alpha value is -1.16. The fraction of sp³-hybridized carbons (Fsp3) is 0.688. The van der Waals surface area contributed by atoms with Gasteiger partial charge in [0.1, 0.15) is 0 Å². The van der Waals surface area contributed by atoms with Crippen molar-refractivity contribution in [3.8, 4) is 0 Å². The first-order valence-corrected chi connectivity index (χ1v) is 7.84. The molecule has 1 atom stereocenters. The zero-order valence-electron chi connectivity index (χ0n) is 12.3. The molecule has 3 heterocycles. The molecule has 0 aliphatic carbocycles. The van der Waals surface area contributed by atoms with Gasteiger partial charge < -0.3 is 9.80 Å². The Morgan fingerprint density at radius 1 is 1.20 bits per heavy atom. The standard InChI is InChI=1S/C16H24FN3/c1-13(19-8-2-3-9-19)14-5-10-20(11-6-14)16-4-7-18-12-15(16)17/h4,7,12-14H,2-3,5-6,8-11H2,1H3. The molecule has 20 heavy (non-hydrogen) atoms. The Labute approximate surface area is 120 Å². The summed E-state index contributed by atoms with van der Waals surface area (Å²) in [5.41, 5.74) is 0.715. The molecule has 2 aliphatic heterocycles. The molecule has 0 bridgehead atoms. The van der Waals surface area contributed by atoms with Crippen LogP contribution in [0.2, 0.25) is 0 Å². The van der Waals surface area contributed by atoms with Gasteiger partial charge in [0.2, 0.25) is 0 Å². The van der Waals surface area contributed by atoms with E-state index in [1.54, 1.807) is 12.3 Å². The minimum atomic E-state index is -0.196. The van der Waals surface area contributed by atoms with Crippen LogP contribution < -0.4 is 4.90 Å². The van der Waals surface area contributed by atoms with E-state index in [4.69, 9.17) is 0 Å². The van der Waals surface area contributed by atoms with E-state index in [2.05, 4.69) is 21.7 Å². The number of hydrogen-bond acceptors (Lipinski definition) is 3. The van der Waals surface area contributed by atoms with E-state index in [-0.39, 0.29) is 5.82 Å². The fourth-order valence-corrected chi connectivity index (χ4v) is 3.69. The molecule has 1 aromatic heterocycles. The fourth-order valence-electron chi connectivity index (χ4n) is 3.69. The quantitative estimate of drug-likeness (QED) is 0.847. The first-order chi connectivity index (χ1) is 9.75. The molecule has 0 N–H and O–H groups in total. The summed E-state index contributed by atoms with van der Waals surface area (Å²) in [6.45, 7) is 6.83. The lowest BCUT2D eigenvalue weighted by Gasteiger charge is -2.39. The lowest BCUT2D eigenvalue weighted by molar-refractivity contribution is 0.167. The molecule has 2 saturated heterocycles. The molecule has 2 aliphatic rings. The monoisotopic (exact) mass is 277 g/mol. The highest BCUT2D eigenvalue weighted by molar-refractivity contribution is 5.46. The lowest BCUT2D eigenvalue weighted by Crippen LogP contribution is -2.43. The van der Waals surface area contributed by atoms with Crippen LogP contribution in [0, 0.1) is 11.7 Å². The molecule has 0 radical (unpaired) electrons. The largest absolute Gasteiger partial charge is 0.369 e. The molecule has 1 unspecified atom stereocenters. The average molecular weight is 277 g/mol. The van der Waals surface area contributed by atoms with Gasteiger partial charge in [0.15, 0.2) is 5.82 Å². The maximum Gasteiger partial charge on any atom is 0.164 e. The molecule has 1 aromatic rings. The SMILES string of the molecule is CC(C1CCN(c2ccncc2F)CC1)N1CCCC1. The second-order valence-corrected chi connectivity index (χ2v) is 6.14. The molecule has 0 spiro atoms. The second-order valence-electron chi connectivity index (χ2n) is 6.14. The van der Waals surface area contributed by atoms with E-state index in [9.17, 15) is 4.39 Å². The highest BCUT2D eigenvalue weighted by atomic mass is 19.1. The van der Waals surface area contributed by atoms with Crippen molar-refractivity contribution in [1.82, 2.24) is 9.88 Å². The Morgan fingerprint density at radius 3 is 2.55 bits per heavy atom. The summed E-state index contributed by atoms with van der Waals surface area (Å²) in [6, 6.07) is 2.47. The summed E-state index contributed by atoms with van der Waals surface area (Å²) in [5.74, 6) is 0.563. The zero-order valence-corrected chi connectivity index (χ0v) is 12.3. The van der Waals surface area contributed by atoms with Gasteiger partial charge in [0, 0.05) is 25.3 Å². The lowest BCUT2D eigenvalue weighted by atomic mass is 9.89. The van der Waals surface area contributed by atoms with Gasteiger partial charge in [-0.05, 0) is 57.7 Å². The van der Waals surface area contributed by atoms with Crippen LogP contribution in [0.3, 0.4) is 0 Å². The molecule has 2 fully saturated rings. The topological polar surface area (TPSA) is 19.4 Å². The molecule has 3 nitrogen and oxygen atoms in total. The third kappa shape index (κ3) is 2.80. The van der Waals surface area contributed by atoms with Gasteiger partial charge >= 0.3 is 0 Å². The normalized spacial score (nSPS) is 23.2. The third-order valence-electron chi connectivity index (χ3n) is 5.03. The summed E-state index contributed by atoms with van der Waals surface area (Å²) in [4.78, 5) is 8.63. The molecule has 110 valence electrons. The van der Waals surface area contributed by atoms with Crippen LogP contribution in [0.25, 0.3) is 0 Å². The predicted octanol–water partition coefficient (Wildman–Crippen LogP) is 2.92. The first kappa shape index (κ1) is 13.8. The van der Waals surface area contributed by atoms with Crippen LogP contribution in [-0.2, 0) is 0 Å². The molecular weight excluding hydrogens is 253 g/mol. The van der Waals surface area contributed by atoms with Crippen LogP contribution in [-0.4, -0.2) is 42.1 Å². The zero-order chi connectivity index (χ0) is 13.9. The van der Waals surface area contributed by atoms with E-state index in [1.807, 2.05) is 0 Å². The van der Waals surface area contributed by atoms with Crippen molar-refractivity contribution < 1.29 is 4.39 Å². The van der Waals surface area contributed by atoms with Crippen LogP contribution in [0.15, 0.2) is 18.5 Å². The van der Waals surface area contributed by atoms with Crippen molar-refractivity contribution >= 4 is 5.69 Å². The first-order valence-electron chi connectivity index (χ1n) is 7.84. The smallest absolute Gasteiger partial charge is 0.164 e. The minimum Gasteiger partial charge on any atom is -0.369 e. The van der Waals surface area contributed by atoms with Gasteiger partial charge in [-0.1, -0.05) is 0 Å². The molecule has 4 heteroatoms. The Kier molecular flexibility index (Phi) is 4.20. The number of piperidine rings is 1. The maximum absolute atomic E-state index is 13.8. The Morgan fingerprint density at radius 2 is 1.90 bits per heavy atom. The number of anilines is 1. The van der Waals surface area contributed by atoms with Crippen LogP contribution in [0.1, 0.15) is 32.6 Å². The van der Waals surface area contributed by atoms with Gasteiger partial charge in [0.25, 0.3) is 0 Å². The van der Waals surface area contributed by atoms with Gasteiger partial charge in [-0.3, -0.25) is 4.98 Å². The van der Waals surface area contributed by atoms with E-state index in [1.165, 1.54) is 45.0 Å². The molecule has 0 saturated carbocycles. The highest BCUT2D eigenvalue weighted by Gasteiger charge is 2.29. The van der Waals surface area contributed by atoms with E-state index < -0.39 is 0 Å². The van der Waals surface area contributed by atoms with Crippen LogP contribution in [0.5, 0.6) is 0 Å². The second kappa shape index (κ2) is 6.08. The third-order valence-corrected chi connectivity index (χ3v) is 5.03. The molecule has 3 rings (SSSR count). The van der Waals surface area contributed by atoms with E-state index in [0.717, 1.165) is 19.0 Å². The average Bonchev–Trinajstić information content (AvgIpc) is 3.01. The van der Waals surface area contributed by atoms with Crippen molar-refractivity contribution in [2.75, 3.05) is 31.1 Å². The Balaban J connectivity index is 1.58. The van der Waals surface area contributed by atoms with Crippen molar-refractivity contribution in [3.05, 3.63) is 24.3 Å². The van der Waals surface area contributed by atoms with Crippen LogP contribution in [0.4, 0.5) is 10.1 Å². The van der Waals surface area contributed by atoms with Crippen LogP contribution >= 0.6 is 0 Å². The molecule has 0 amide bonds. The van der Waals surface area contributed by atoms with Gasteiger partial charge in [-0.25, -0.2) is 4.39 Å². The Bertz CT molecular complexity index is 437. The number of pyridine rings is 1. The van der Waals surface area contributed by atoms with Gasteiger partial charge in [-0.2, -0.15) is 0 Å². The number of rotatable bonds is 3. The number of hydrogen-bond donors (Lipinski definition) is 0. The predicted molar refractivity (Wildman–Crippen MR) is 79.4 cm³/mol. The number of likely N-dealkylation sites (tertiary alicyclic amines) is 1. The summed E-state index contributed by atoms with van der Waals surface area (Å²) in [6.07, 6.45) is 8.03. The highest BCUT2D eigenvalue weighted by Crippen LogP contribution is 2.29. The number of aromatic nitrogens is 1. The number of nitrogens with zero attached hydrogens (tertiary/aromatic N) is 3. The summed E-state index contributed by atoms with van der Waals surface area (Å²) < 4.78 is 13.8. The van der Waals surface area contributed by atoms with Gasteiger partial charge in [0.05, 0.1) is 11.9 Å². The summed E-state index contributed by atoms with van der Waals surface area (Å²) in [7, 11) is 0. The maximum atomic E-state index is 13.8. The minimum absolute atomic E-state index is 0.196. The van der Waals surface area contributed by atoms with Crippen molar-refractivity contribution in [3.63, 3.8) is 0 Å². The summed E-state index contributed by atoms with van der Waals surface area (Å²) >= 11 is 0. The van der Waals surface area contributed by atoms with E-state index in [0.29, 0.717) is 11.7 Å². The van der Waals surface area contributed by atoms with Crippen molar-refractivity contribution in [2.24, 2.45) is 5.92 Å². The van der Waals surface area contributed by atoms with E-state index >= 15 is 0 Å². The van der Waals surface area contributed by atoms with Crippen molar-refractivity contribution in [2.45, 2.75) is 38.6 Å².